The summed E-state index contributed by atoms with van der Waals surface area (Å²) in [7, 11) is -3.73. The molecule has 3 amide bonds. The Bertz CT molecular complexity index is 724. The quantitative estimate of drug-likeness (QED) is 0.758. The van der Waals surface area contributed by atoms with Crippen LogP contribution in [0.25, 0.3) is 0 Å². The lowest BCUT2D eigenvalue weighted by Gasteiger charge is -2.36. The molecule has 118 valence electrons. The zero-order valence-electron chi connectivity index (χ0n) is 11.5. The second-order valence-corrected chi connectivity index (χ2v) is 7.29. The largest absolute Gasteiger partial charge is 0.323 e. The van der Waals surface area contributed by atoms with Gasteiger partial charge in [0.1, 0.15) is 11.4 Å². The number of benzene rings is 1. The van der Waals surface area contributed by atoms with E-state index in [1.165, 1.54) is 16.4 Å². The average Bonchev–Trinajstić information content (AvgIpc) is 2.74. The second kappa shape index (κ2) is 5.03. The number of sulfonamides is 1. The smallest absolute Gasteiger partial charge is 0.322 e. The highest BCUT2D eigenvalue weighted by Gasteiger charge is 2.49. The van der Waals surface area contributed by atoms with Gasteiger partial charge < -0.3 is 5.32 Å². The van der Waals surface area contributed by atoms with Crippen LogP contribution in [0.1, 0.15) is 12.8 Å². The van der Waals surface area contributed by atoms with Gasteiger partial charge in [0.2, 0.25) is 10.0 Å². The molecule has 3 rings (SSSR count). The third-order valence-corrected chi connectivity index (χ3v) is 5.95. The third kappa shape index (κ3) is 2.35. The van der Waals surface area contributed by atoms with Crippen molar-refractivity contribution in [3.8, 4) is 0 Å². The summed E-state index contributed by atoms with van der Waals surface area (Å²) in [5, 5.41) is 4.74. The molecule has 2 aliphatic heterocycles. The van der Waals surface area contributed by atoms with Crippen molar-refractivity contribution >= 4 is 22.0 Å². The van der Waals surface area contributed by atoms with Crippen molar-refractivity contribution in [2.24, 2.45) is 0 Å². The summed E-state index contributed by atoms with van der Waals surface area (Å²) < 4.78 is 39.1. The number of rotatable bonds is 2. The topological polar surface area (TPSA) is 95.6 Å². The summed E-state index contributed by atoms with van der Waals surface area (Å²) >= 11 is 0. The van der Waals surface area contributed by atoms with Gasteiger partial charge in [-0.1, -0.05) is 0 Å². The van der Waals surface area contributed by atoms with E-state index in [1.807, 2.05) is 0 Å². The van der Waals surface area contributed by atoms with Gasteiger partial charge in [-0.25, -0.2) is 17.6 Å². The molecular formula is C13H14FN3O4S. The van der Waals surface area contributed by atoms with Crippen LogP contribution in [0.15, 0.2) is 29.2 Å². The SMILES string of the molecule is O=C1NC(=O)C2(CCN(S(=O)(=O)c3ccc(F)cc3)CC2)N1. The van der Waals surface area contributed by atoms with Gasteiger partial charge in [-0.05, 0) is 37.1 Å². The van der Waals surface area contributed by atoms with Gasteiger partial charge in [0.25, 0.3) is 5.91 Å². The van der Waals surface area contributed by atoms with Crippen molar-refractivity contribution < 1.29 is 22.4 Å². The Morgan fingerprint density at radius 3 is 2.18 bits per heavy atom. The fourth-order valence-electron chi connectivity index (χ4n) is 2.74. The molecule has 9 heteroatoms. The summed E-state index contributed by atoms with van der Waals surface area (Å²) in [6.07, 6.45) is 0.399. The zero-order chi connectivity index (χ0) is 16.0. The highest BCUT2D eigenvalue weighted by molar-refractivity contribution is 7.89. The van der Waals surface area contributed by atoms with E-state index in [0.29, 0.717) is 0 Å². The Kier molecular flexibility index (Phi) is 3.41. The first kappa shape index (κ1) is 14.9. The summed E-state index contributed by atoms with van der Waals surface area (Å²) in [6.45, 7) is 0.209. The van der Waals surface area contributed by atoms with Gasteiger partial charge >= 0.3 is 6.03 Å². The van der Waals surface area contributed by atoms with Crippen LogP contribution in [0.4, 0.5) is 9.18 Å². The molecule has 2 aliphatic rings. The molecule has 1 spiro atoms. The average molecular weight is 327 g/mol. The first-order valence-electron chi connectivity index (χ1n) is 6.73. The van der Waals surface area contributed by atoms with Gasteiger partial charge in [-0.2, -0.15) is 4.31 Å². The maximum atomic E-state index is 12.9. The predicted octanol–water partition coefficient (Wildman–Crippen LogP) is 0.188. The van der Waals surface area contributed by atoms with E-state index in [4.69, 9.17) is 0 Å². The second-order valence-electron chi connectivity index (χ2n) is 5.35. The molecule has 2 heterocycles. The maximum absolute atomic E-state index is 12.9. The molecule has 0 atom stereocenters. The lowest BCUT2D eigenvalue weighted by atomic mass is 9.89. The van der Waals surface area contributed by atoms with E-state index < -0.39 is 33.3 Å². The van der Waals surface area contributed by atoms with Crippen molar-refractivity contribution in [1.82, 2.24) is 14.9 Å². The number of urea groups is 1. The maximum Gasteiger partial charge on any atom is 0.322 e. The van der Waals surface area contributed by atoms with Gasteiger partial charge in [0.15, 0.2) is 0 Å². The molecule has 2 fully saturated rings. The molecule has 7 nitrogen and oxygen atoms in total. The first-order valence-corrected chi connectivity index (χ1v) is 8.17. The molecule has 0 saturated carbocycles. The van der Waals surface area contributed by atoms with Crippen LogP contribution in [0, 0.1) is 5.82 Å². The highest BCUT2D eigenvalue weighted by atomic mass is 32.2. The van der Waals surface area contributed by atoms with E-state index in [2.05, 4.69) is 10.6 Å². The molecule has 0 radical (unpaired) electrons. The summed E-state index contributed by atoms with van der Waals surface area (Å²) in [5.41, 5.74) is -1.02. The normalized spacial score (nSPS) is 21.7. The standard InChI is InChI=1S/C13H14FN3O4S/c14-9-1-3-10(4-2-9)22(20,21)17-7-5-13(6-8-17)11(18)15-12(19)16-13/h1-4H,5-8H2,(H2,15,16,18,19). The van der Waals surface area contributed by atoms with Crippen molar-refractivity contribution in [2.45, 2.75) is 23.3 Å². The van der Waals surface area contributed by atoms with E-state index >= 15 is 0 Å². The van der Waals surface area contributed by atoms with Crippen LogP contribution >= 0.6 is 0 Å². The fourth-order valence-corrected chi connectivity index (χ4v) is 4.19. The lowest BCUT2D eigenvalue weighted by molar-refractivity contribution is -0.125. The summed E-state index contributed by atoms with van der Waals surface area (Å²) in [5.74, 6) is -0.932. The minimum absolute atomic E-state index is 0.00441. The van der Waals surface area contributed by atoms with E-state index in [-0.39, 0.29) is 30.8 Å². The fraction of sp³-hybridized carbons (Fsp3) is 0.385. The molecule has 2 N–H and O–H groups in total. The molecule has 1 aromatic rings. The summed E-state index contributed by atoms with van der Waals surface area (Å²) in [4.78, 5) is 23.1. The number of piperidine rings is 1. The third-order valence-electron chi connectivity index (χ3n) is 4.04. The molecule has 0 unspecified atom stereocenters. The lowest BCUT2D eigenvalue weighted by Crippen LogP contribution is -2.55. The van der Waals surface area contributed by atoms with Crippen molar-refractivity contribution in [2.75, 3.05) is 13.1 Å². The monoisotopic (exact) mass is 327 g/mol. The van der Waals surface area contributed by atoms with Crippen LogP contribution in [0.2, 0.25) is 0 Å². The summed E-state index contributed by atoms with van der Waals surface area (Å²) in [6, 6.07) is 4.03. The van der Waals surface area contributed by atoms with Crippen molar-refractivity contribution in [1.29, 1.82) is 0 Å². The predicted molar refractivity (Wildman–Crippen MR) is 73.8 cm³/mol. The number of carbonyl (C=O) groups excluding carboxylic acids is 2. The van der Waals surface area contributed by atoms with Crippen LogP contribution < -0.4 is 10.6 Å². The van der Waals surface area contributed by atoms with Crippen LogP contribution in [0.3, 0.4) is 0 Å². The Morgan fingerprint density at radius 1 is 1.09 bits per heavy atom. The minimum Gasteiger partial charge on any atom is -0.323 e. The number of carbonyl (C=O) groups is 2. The Labute approximate surface area is 126 Å². The first-order chi connectivity index (χ1) is 10.3. The van der Waals surface area contributed by atoms with E-state index in [1.54, 1.807) is 0 Å². The number of nitrogens with one attached hydrogen (secondary N) is 2. The Morgan fingerprint density at radius 2 is 1.68 bits per heavy atom. The van der Waals surface area contributed by atoms with Crippen molar-refractivity contribution in [3.63, 3.8) is 0 Å². The van der Waals surface area contributed by atoms with Crippen LogP contribution in [-0.4, -0.2) is 43.3 Å². The number of hydrogen-bond acceptors (Lipinski definition) is 4. The number of halogens is 1. The number of nitrogens with zero attached hydrogens (tertiary/aromatic N) is 1. The van der Waals surface area contributed by atoms with Crippen molar-refractivity contribution in [3.05, 3.63) is 30.1 Å². The van der Waals surface area contributed by atoms with Gasteiger partial charge in [-0.15, -0.1) is 0 Å². The number of amides is 3. The Balaban J connectivity index is 1.77. The molecule has 0 aromatic heterocycles. The highest BCUT2D eigenvalue weighted by Crippen LogP contribution is 2.28. The molecule has 2 saturated heterocycles. The Hall–Kier alpha value is -2.00. The minimum atomic E-state index is -3.73. The van der Waals surface area contributed by atoms with E-state index in [0.717, 1.165) is 12.1 Å². The molecule has 22 heavy (non-hydrogen) atoms. The number of hydrogen-bond donors (Lipinski definition) is 2. The van der Waals surface area contributed by atoms with Gasteiger partial charge in [0.05, 0.1) is 4.90 Å². The molecule has 0 bridgehead atoms. The number of imide groups is 1. The molecule has 0 aliphatic carbocycles. The van der Waals surface area contributed by atoms with Gasteiger partial charge in [0, 0.05) is 13.1 Å². The van der Waals surface area contributed by atoms with Gasteiger partial charge in [-0.3, -0.25) is 10.1 Å². The van der Waals surface area contributed by atoms with Crippen LogP contribution in [0.5, 0.6) is 0 Å². The zero-order valence-corrected chi connectivity index (χ0v) is 12.3. The molecule has 1 aromatic carbocycles. The van der Waals surface area contributed by atoms with E-state index in [9.17, 15) is 22.4 Å². The molecular weight excluding hydrogens is 313 g/mol. The van der Waals surface area contributed by atoms with Crippen LogP contribution in [-0.2, 0) is 14.8 Å².